The molecule has 1 atom stereocenters. The summed E-state index contributed by atoms with van der Waals surface area (Å²) in [5.74, 6) is -0.586. The van der Waals surface area contributed by atoms with Crippen molar-refractivity contribution >= 4 is 29.2 Å². The molecule has 0 bridgehead atoms. The van der Waals surface area contributed by atoms with Crippen LogP contribution in [-0.2, 0) is 4.79 Å². The van der Waals surface area contributed by atoms with Gasteiger partial charge in [0.1, 0.15) is 11.9 Å². The van der Waals surface area contributed by atoms with Gasteiger partial charge in [0.05, 0.1) is 5.02 Å². The van der Waals surface area contributed by atoms with Gasteiger partial charge in [-0.2, -0.15) is 0 Å². The van der Waals surface area contributed by atoms with Crippen LogP contribution in [0.5, 0.6) is 0 Å². The van der Waals surface area contributed by atoms with Crippen molar-refractivity contribution in [2.24, 2.45) is 0 Å². The van der Waals surface area contributed by atoms with Crippen LogP contribution < -0.4 is 5.32 Å². The van der Waals surface area contributed by atoms with E-state index in [-0.39, 0.29) is 17.0 Å². The normalized spacial score (nSPS) is 18.3. The molecule has 1 aliphatic rings. The molecule has 2 rings (SSSR count). The Balaban J connectivity index is 2.11. The van der Waals surface area contributed by atoms with Gasteiger partial charge in [0.2, 0.25) is 5.91 Å². The van der Waals surface area contributed by atoms with E-state index >= 15 is 0 Å². The summed E-state index contributed by atoms with van der Waals surface area (Å²) in [4.78, 5) is 28.0. The summed E-state index contributed by atoms with van der Waals surface area (Å²) in [6.45, 7) is 3.01. The number of likely N-dealkylation sites (N-methyl/N-ethyl adjacent to an activating group) is 1. The molecular weight excluding hydrogens is 321 g/mol. The number of carbonyl (C=O) groups excluding carboxylic acids is 2. The van der Waals surface area contributed by atoms with Crippen molar-refractivity contribution in [3.8, 4) is 0 Å². The zero-order valence-electron chi connectivity index (χ0n) is 13.3. The largest absolute Gasteiger partial charge is 0.342 e. The Morgan fingerprint density at radius 3 is 2.83 bits per heavy atom. The monoisotopic (exact) mass is 341 g/mol. The van der Waals surface area contributed by atoms with Crippen molar-refractivity contribution < 1.29 is 14.0 Å². The van der Waals surface area contributed by atoms with E-state index in [0.29, 0.717) is 25.2 Å². The maximum absolute atomic E-state index is 13.2. The molecule has 1 fully saturated rings. The fourth-order valence-corrected chi connectivity index (χ4v) is 2.78. The highest BCUT2D eigenvalue weighted by Gasteiger charge is 2.35. The van der Waals surface area contributed by atoms with Gasteiger partial charge in [-0.05, 0) is 24.6 Å². The Morgan fingerprint density at radius 2 is 2.17 bits per heavy atom. The van der Waals surface area contributed by atoms with Gasteiger partial charge in [-0.15, -0.1) is 0 Å². The molecular formula is C16H21ClFN3O2. The number of unbranched alkanes of at least 4 members (excludes halogenated alkanes) is 1. The standard InChI is InChI=1S/C16H21ClFN3O2/c1-3-4-5-14-15(22)20(2)8-9-21(14)16(23)19-11-6-7-13(18)12(17)10-11/h6-7,10,14H,3-5,8-9H2,1-2H3,(H,19,23)/t14-/m1/s1. The fourth-order valence-electron chi connectivity index (χ4n) is 2.60. The Hall–Kier alpha value is -1.82. The predicted octanol–water partition coefficient (Wildman–Crippen LogP) is 3.34. The van der Waals surface area contributed by atoms with Gasteiger partial charge in [0.15, 0.2) is 0 Å². The molecule has 23 heavy (non-hydrogen) atoms. The maximum atomic E-state index is 13.2. The van der Waals surface area contributed by atoms with Gasteiger partial charge >= 0.3 is 6.03 Å². The first kappa shape index (κ1) is 17.5. The molecule has 0 saturated carbocycles. The second-order valence-electron chi connectivity index (χ2n) is 5.67. The van der Waals surface area contributed by atoms with Gasteiger partial charge in [0.25, 0.3) is 0 Å². The van der Waals surface area contributed by atoms with Crippen LogP contribution in [0.15, 0.2) is 18.2 Å². The van der Waals surface area contributed by atoms with Crippen molar-refractivity contribution in [2.75, 3.05) is 25.5 Å². The number of rotatable bonds is 4. The van der Waals surface area contributed by atoms with Crippen LogP contribution in [-0.4, -0.2) is 47.9 Å². The zero-order valence-corrected chi connectivity index (χ0v) is 14.1. The van der Waals surface area contributed by atoms with E-state index in [1.165, 1.54) is 18.2 Å². The van der Waals surface area contributed by atoms with Crippen molar-refractivity contribution in [3.63, 3.8) is 0 Å². The zero-order chi connectivity index (χ0) is 17.0. The molecule has 5 nitrogen and oxygen atoms in total. The molecule has 0 unspecified atom stereocenters. The average molecular weight is 342 g/mol. The van der Waals surface area contributed by atoms with Crippen molar-refractivity contribution in [1.29, 1.82) is 0 Å². The van der Waals surface area contributed by atoms with Crippen molar-refractivity contribution in [2.45, 2.75) is 32.2 Å². The van der Waals surface area contributed by atoms with Crippen LogP contribution in [0.4, 0.5) is 14.9 Å². The van der Waals surface area contributed by atoms with Gasteiger partial charge < -0.3 is 15.1 Å². The van der Waals surface area contributed by atoms with E-state index in [4.69, 9.17) is 11.6 Å². The first-order valence-electron chi connectivity index (χ1n) is 7.71. The number of amides is 3. The van der Waals surface area contributed by atoms with E-state index in [2.05, 4.69) is 5.32 Å². The van der Waals surface area contributed by atoms with Gasteiger partial charge in [-0.1, -0.05) is 31.4 Å². The molecule has 1 aromatic carbocycles. The Bertz CT molecular complexity index is 597. The molecule has 3 amide bonds. The first-order chi connectivity index (χ1) is 10.9. The van der Waals surface area contributed by atoms with E-state index in [0.717, 1.165) is 12.8 Å². The number of hydrogen-bond donors (Lipinski definition) is 1. The van der Waals surface area contributed by atoms with Crippen molar-refractivity contribution in [1.82, 2.24) is 9.80 Å². The number of halogens is 2. The van der Waals surface area contributed by atoms with Gasteiger partial charge in [-0.25, -0.2) is 9.18 Å². The highest BCUT2D eigenvalue weighted by Crippen LogP contribution is 2.21. The molecule has 1 heterocycles. The van der Waals surface area contributed by atoms with Crippen molar-refractivity contribution in [3.05, 3.63) is 29.0 Å². The SMILES string of the molecule is CCCC[C@@H]1C(=O)N(C)CCN1C(=O)Nc1ccc(F)c(Cl)c1. The highest BCUT2D eigenvalue weighted by atomic mass is 35.5. The third-order valence-corrected chi connectivity index (χ3v) is 4.27. The highest BCUT2D eigenvalue weighted by molar-refractivity contribution is 6.31. The summed E-state index contributed by atoms with van der Waals surface area (Å²) >= 11 is 5.72. The topological polar surface area (TPSA) is 52.7 Å². The smallest absolute Gasteiger partial charge is 0.322 e. The molecule has 1 aromatic rings. The lowest BCUT2D eigenvalue weighted by molar-refractivity contribution is -0.138. The Labute approximate surface area is 140 Å². The molecule has 0 radical (unpaired) electrons. The molecule has 0 aromatic heterocycles. The number of benzene rings is 1. The lowest BCUT2D eigenvalue weighted by Crippen LogP contribution is -2.58. The molecule has 0 spiro atoms. The summed E-state index contributed by atoms with van der Waals surface area (Å²) in [5.41, 5.74) is 0.405. The van der Waals surface area contributed by atoms with E-state index < -0.39 is 11.9 Å². The van der Waals surface area contributed by atoms with Crippen LogP contribution in [0.2, 0.25) is 5.02 Å². The molecule has 1 saturated heterocycles. The predicted molar refractivity (Wildman–Crippen MR) is 88.1 cm³/mol. The van der Waals surface area contributed by atoms with E-state index in [1.807, 2.05) is 6.92 Å². The van der Waals surface area contributed by atoms with Gasteiger partial charge in [0, 0.05) is 25.8 Å². The van der Waals surface area contributed by atoms with Crippen LogP contribution in [0.3, 0.4) is 0 Å². The summed E-state index contributed by atoms with van der Waals surface area (Å²) in [6.07, 6.45) is 2.46. The third-order valence-electron chi connectivity index (χ3n) is 3.98. The summed E-state index contributed by atoms with van der Waals surface area (Å²) in [5, 5.41) is 2.63. The summed E-state index contributed by atoms with van der Waals surface area (Å²) < 4.78 is 13.2. The Morgan fingerprint density at radius 1 is 1.43 bits per heavy atom. The van der Waals surface area contributed by atoms with E-state index in [9.17, 15) is 14.0 Å². The summed E-state index contributed by atoms with van der Waals surface area (Å²) in [6, 6.07) is 3.17. The summed E-state index contributed by atoms with van der Waals surface area (Å²) in [7, 11) is 1.75. The molecule has 0 aliphatic carbocycles. The fraction of sp³-hybridized carbons (Fsp3) is 0.500. The Kier molecular flexibility index (Phi) is 5.82. The number of carbonyl (C=O) groups is 2. The number of anilines is 1. The number of nitrogens with zero attached hydrogens (tertiary/aromatic N) is 2. The number of hydrogen-bond acceptors (Lipinski definition) is 2. The van der Waals surface area contributed by atoms with Gasteiger partial charge in [-0.3, -0.25) is 4.79 Å². The lowest BCUT2D eigenvalue weighted by Gasteiger charge is -2.39. The number of nitrogens with one attached hydrogen (secondary N) is 1. The lowest BCUT2D eigenvalue weighted by atomic mass is 10.0. The minimum atomic E-state index is -0.541. The minimum absolute atomic E-state index is 0.0445. The first-order valence-corrected chi connectivity index (χ1v) is 8.09. The third kappa shape index (κ3) is 4.13. The van der Waals surface area contributed by atoms with E-state index in [1.54, 1.807) is 16.8 Å². The molecule has 126 valence electrons. The second kappa shape index (κ2) is 7.64. The van der Waals surface area contributed by atoms with Crippen LogP contribution in [0.1, 0.15) is 26.2 Å². The van der Waals surface area contributed by atoms with Crippen LogP contribution in [0.25, 0.3) is 0 Å². The minimum Gasteiger partial charge on any atom is -0.342 e. The second-order valence-corrected chi connectivity index (χ2v) is 6.08. The average Bonchev–Trinajstić information content (AvgIpc) is 2.52. The van der Waals surface area contributed by atoms with Crippen LogP contribution in [0, 0.1) is 5.82 Å². The number of piperazine rings is 1. The maximum Gasteiger partial charge on any atom is 0.322 e. The molecule has 1 aliphatic heterocycles. The van der Waals surface area contributed by atoms with Crippen LogP contribution >= 0.6 is 11.6 Å². The molecule has 1 N–H and O–H groups in total. The number of urea groups is 1. The quantitative estimate of drug-likeness (QED) is 0.913. The molecule has 7 heteroatoms.